The highest BCUT2D eigenvalue weighted by molar-refractivity contribution is 6.33. The van der Waals surface area contributed by atoms with Gasteiger partial charge in [-0.05, 0) is 55.0 Å². The number of hydrogen-bond acceptors (Lipinski definition) is 6. The minimum atomic E-state index is -0.521. The summed E-state index contributed by atoms with van der Waals surface area (Å²) in [4.78, 5) is 36.4. The first kappa shape index (κ1) is 24.5. The zero-order chi connectivity index (χ0) is 24.5. The standard InChI is InChI=1S/C25H22ClN3O5/c1-16-7-10-18(11-8-16)25(32)34-21-12-9-17(13-22(21)33-2)14-28-29-23(30)15-27-24(31)19-5-3-4-6-20(19)26/h3-14H,15H2,1-2H3,(H,27,31)(H,29,30). The van der Waals surface area contributed by atoms with Gasteiger partial charge in [-0.3, -0.25) is 9.59 Å². The van der Waals surface area contributed by atoms with E-state index >= 15 is 0 Å². The summed E-state index contributed by atoms with van der Waals surface area (Å²) in [5.74, 6) is -0.928. The molecule has 9 heteroatoms. The van der Waals surface area contributed by atoms with E-state index in [0.29, 0.717) is 21.9 Å². The van der Waals surface area contributed by atoms with Crippen LogP contribution in [0.15, 0.2) is 71.8 Å². The fourth-order valence-corrected chi connectivity index (χ4v) is 3.04. The average molecular weight is 480 g/mol. The number of rotatable bonds is 8. The Bertz CT molecular complexity index is 1230. The highest BCUT2D eigenvalue weighted by atomic mass is 35.5. The Hall–Kier alpha value is -4.17. The molecule has 3 rings (SSSR count). The maximum Gasteiger partial charge on any atom is 0.343 e. The van der Waals surface area contributed by atoms with Gasteiger partial charge in [-0.25, -0.2) is 10.2 Å². The lowest BCUT2D eigenvalue weighted by Crippen LogP contribution is -2.35. The summed E-state index contributed by atoms with van der Waals surface area (Å²) in [6.07, 6.45) is 1.39. The smallest absolute Gasteiger partial charge is 0.343 e. The van der Waals surface area contributed by atoms with Crippen molar-refractivity contribution in [2.45, 2.75) is 6.92 Å². The molecule has 0 atom stereocenters. The number of ether oxygens (including phenoxy) is 2. The molecule has 34 heavy (non-hydrogen) atoms. The molecule has 0 fully saturated rings. The third kappa shape index (κ3) is 6.66. The van der Waals surface area contributed by atoms with Gasteiger partial charge in [0.15, 0.2) is 11.5 Å². The molecule has 0 aliphatic carbocycles. The van der Waals surface area contributed by atoms with Crippen molar-refractivity contribution in [3.05, 3.63) is 94.0 Å². The first-order valence-corrected chi connectivity index (χ1v) is 10.6. The lowest BCUT2D eigenvalue weighted by Gasteiger charge is -2.10. The van der Waals surface area contributed by atoms with Crippen molar-refractivity contribution in [3.63, 3.8) is 0 Å². The van der Waals surface area contributed by atoms with E-state index in [2.05, 4.69) is 15.8 Å². The second-order valence-corrected chi connectivity index (χ2v) is 7.53. The normalized spacial score (nSPS) is 10.6. The van der Waals surface area contributed by atoms with E-state index in [1.165, 1.54) is 13.3 Å². The summed E-state index contributed by atoms with van der Waals surface area (Å²) >= 11 is 5.96. The Labute approximate surface area is 201 Å². The molecular weight excluding hydrogens is 458 g/mol. The van der Waals surface area contributed by atoms with Gasteiger partial charge in [0, 0.05) is 0 Å². The van der Waals surface area contributed by atoms with Gasteiger partial charge in [-0.1, -0.05) is 41.4 Å². The maximum absolute atomic E-state index is 12.4. The number of carbonyl (C=O) groups is 3. The van der Waals surface area contributed by atoms with Crippen molar-refractivity contribution >= 4 is 35.6 Å². The van der Waals surface area contributed by atoms with Gasteiger partial charge in [-0.15, -0.1) is 0 Å². The number of carbonyl (C=O) groups excluding carboxylic acids is 3. The number of methoxy groups -OCH3 is 1. The number of benzene rings is 3. The van der Waals surface area contributed by atoms with Crippen molar-refractivity contribution in [2.24, 2.45) is 5.10 Å². The van der Waals surface area contributed by atoms with Crippen molar-refractivity contribution in [1.29, 1.82) is 0 Å². The van der Waals surface area contributed by atoms with Crippen LogP contribution in [-0.2, 0) is 4.79 Å². The molecule has 0 spiro atoms. The lowest BCUT2D eigenvalue weighted by atomic mass is 10.1. The molecule has 0 heterocycles. The summed E-state index contributed by atoms with van der Waals surface area (Å²) in [6, 6.07) is 18.4. The largest absolute Gasteiger partial charge is 0.493 e. The number of hydrogen-bond donors (Lipinski definition) is 2. The molecular formula is C25H22ClN3O5. The van der Waals surface area contributed by atoms with Crippen molar-refractivity contribution in [3.8, 4) is 11.5 Å². The van der Waals surface area contributed by atoms with Crippen LogP contribution < -0.4 is 20.2 Å². The molecule has 8 nitrogen and oxygen atoms in total. The Morgan fingerprint density at radius 2 is 1.74 bits per heavy atom. The van der Waals surface area contributed by atoms with Crippen molar-refractivity contribution in [2.75, 3.05) is 13.7 Å². The van der Waals surface area contributed by atoms with Crippen LogP contribution in [0.1, 0.15) is 31.8 Å². The molecule has 3 aromatic rings. The summed E-state index contributed by atoms with van der Waals surface area (Å²) in [5, 5.41) is 6.63. The molecule has 0 aliphatic rings. The van der Waals surface area contributed by atoms with Crippen LogP contribution >= 0.6 is 11.6 Å². The Balaban J connectivity index is 1.54. The topological polar surface area (TPSA) is 106 Å². The maximum atomic E-state index is 12.4. The van der Waals surface area contributed by atoms with Crippen LogP contribution in [0.2, 0.25) is 5.02 Å². The average Bonchev–Trinajstić information content (AvgIpc) is 2.84. The highest BCUT2D eigenvalue weighted by Crippen LogP contribution is 2.28. The van der Waals surface area contributed by atoms with Gasteiger partial charge >= 0.3 is 5.97 Å². The van der Waals surface area contributed by atoms with Crippen LogP contribution in [-0.4, -0.2) is 37.7 Å². The molecule has 0 bridgehead atoms. The molecule has 0 aliphatic heterocycles. The molecule has 0 radical (unpaired) electrons. The summed E-state index contributed by atoms with van der Waals surface area (Å²) in [7, 11) is 1.45. The molecule has 0 unspecified atom stereocenters. The molecule has 0 aromatic heterocycles. The van der Waals surface area contributed by atoms with Crippen molar-refractivity contribution < 1.29 is 23.9 Å². The lowest BCUT2D eigenvalue weighted by molar-refractivity contribution is -0.120. The van der Waals surface area contributed by atoms with E-state index in [0.717, 1.165) is 5.56 Å². The first-order valence-electron chi connectivity index (χ1n) is 10.2. The number of nitrogens with one attached hydrogen (secondary N) is 2. The third-order valence-electron chi connectivity index (χ3n) is 4.61. The zero-order valence-electron chi connectivity index (χ0n) is 18.5. The molecule has 2 amide bonds. The van der Waals surface area contributed by atoms with Crippen LogP contribution in [0.25, 0.3) is 0 Å². The predicted molar refractivity (Wildman–Crippen MR) is 129 cm³/mol. The fourth-order valence-electron chi connectivity index (χ4n) is 2.82. The van der Waals surface area contributed by atoms with E-state index < -0.39 is 17.8 Å². The van der Waals surface area contributed by atoms with E-state index in [-0.39, 0.29) is 17.9 Å². The zero-order valence-corrected chi connectivity index (χ0v) is 19.3. The van der Waals surface area contributed by atoms with Gasteiger partial charge in [0.25, 0.3) is 11.8 Å². The predicted octanol–water partition coefficient (Wildman–Crippen LogP) is 3.76. The summed E-state index contributed by atoms with van der Waals surface area (Å²) < 4.78 is 10.7. The minimum Gasteiger partial charge on any atom is -0.493 e. The Morgan fingerprint density at radius 1 is 1.00 bits per heavy atom. The van der Waals surface area contributed by atoms with E-state index in [1.807, 2.05) is 19.1 Å². The van der Waals surface area contributed by atoms with Gasteiger partial charge in [0.05, 0.1) is 36.0 Å². The SMILES string of the molecule is COc1cc(C=NNC(=O)CNC(=O)c2ccccc2Cl)ccc1OC(=O)c1ccc(C)cc1. The van der Waals surface area contributed by atoms with E-state index in [1.54, 1.807) is 54.6 Å². The first-order chi connectivity index (χ1) is 16.4. The van der Waals surface area contributed by atoms with Gasteiger partial charge in [0.2, 0.25) is 0 Å². The van der Waals surface area contributed by atoms with Gasteiger partial charge in [-0.2, -0.15) is 5.10 Å². The highest BCUT2D eigenvalue weighted by Gasteiger charge is 2.13. The van der Waals surface area contributed by atoms with Gasteiger partial charge in [0.1, 0.15) is 0 Å². The number of nitrogens with zero attached hydrogens (tertiary/aromatic N) is 1. The number of hydrazone groups is 1. The number of aryl methyl sites for hydroxylation is 1. The van der Waals surface area contributed by atoms with E-state index in [9.17, 15) is 14.4 Å². The van der Waals surface area contributed by atoms with Gasteiger partial charge < -0.3 is 14.8 Å². The molecule has 174 valence electrons. The van der Waals surface area contributed by atoms with Crippen LogP contribution in [0.5, 0.6) is 11.5 Å². The second kappa shape index (κ2) is 11.6. The quantitative estimate of drug-likeness (QED) is 0.221. The summed E-state index contributed by atoms with van der Waals surface area (Å²) in [6.45, 7) is 1.65. The minimum absolute atomic E-state index is 0.247. The second-order valence-electron chi connectivity index (χ2n) is 7.12. The number of amides is 2. The van der Waals surface area contributed by atoms with Crippen LogP contribution in [0, 0.1) is 6.92 Å². The van der Waals surface area contributed by atoms with Crippen LogP contribution in [0.4, 0.5) is 0 Å². The summed E-state index contributed by atoms with van der Waals surface area (Å²) in [5.41, 5.74) is 4.64. The van der Waals surface area contributed by atoms with E-state index in [4.69, 9.17) is 21.1 Å². The fraction of sp³-hybridized carbons (Fsp3) is 0.120. The monoisotopic (exact) mass is 479 g/mol. The van der Waals surface area contributed by atoms with Crippen LogP contribution in [0.3, 0.4) is 0 Å². The molecule has 0 saturated heterocycles. The number of halogens is 1. The molecule has 2 N–H and O–H groups in total. The Morgan fingerprint density at radius 3 is 2.44 bits per heavy atom. The third-order valence-corrected chi connectivity index (χ3v) is 4.94. The Kier molecular flexibility index (Phi) is 8.37. The number of esters is 1. The van der Waals surface area contributed by atoms with Crippen molar-refractivity contribution in [1.82, 2.24) is 10.7 Å². The molecule has 3 aromatic carbocycles. The molecule has 0 saturated carbocycles.